The largest absolute Gasteiger partial charge is 0.489 e. The molecule has 5 rings (SSSR count). The number of hydrogen-bond donors (Lipinski definition) is 1. The number of anilines is 2. The van der Waals surface area contributed by atoms with Crippen LogP contribution in [0.5, 0.6) is 5.75 Å². The summed E-state index contributed by atoms with van der Waals surface area (Å²) in [6.07, 6.45) is 17.7. The summed E-state index contributed by atoms with van der Waals surface area (Å²) in [6.45, 7) is 1.03. The van der Waals surface area contributed by atoms with E-state index < -0.39 is 0 Å². The summed E-state index contributed by atoms with van der Waals surface area (Å²) in [6, 6.07) is 15.6. The zero-order chi connectivity index (χ0) is 22.5. The molecule has 1 atom stereocenters. The third-order valence-corrected chi connectivity index (χ3v) is 7.31. The van der Waals surface area contributed by atoms with Crippen LogP contribution in [0.2, 0.25) is 0 Å². The molecular formula is C29H34N2O2. The number of allylic oxidation sites excluding steroid dienone is 4. The fraction of sp³-hybridized carbons (Fsp3) is 0.414. The maximum atomic E-state index is 13.1. The summed E-state index contributed by atoms with van der Waals surface area (Å²) in [5, 5.41) is 3.01. The molecule has 2 aromatic carbocycles. The van der Waals surface area contributed by atoms with E-state index in [1.807, 2.05) is 42.5 Å². The number of nitrogens with zero attached hydrogens (tertiary/aromatic N) is 1. The van der Waals surface area contributed by atoms with Crippen LogP contribution in [0.3, 0.4) is 0 Å². The first-order chi connectivity index (χ1) is 16.3. The van der Waals surface area contributed by atoms with Gasteiger partial charge in [0.1, 0.15) is 6.61 Å². The van der Waals surface area contributed by atoms with E-state index in [0.29, 0.717) is 19.1 Å². The van der Waals surface area contributed by atoms with Gasteiger partial charge in [0, 0.05) is 11.3 Å². The van der Waals surface area contributed by atoms with Crippen molar-refractivity contribution in [2.24, 2.45) is 11.8 Å². The predicted octanol–water partition coefficient (Wildman–Crippen LogP) is 7.44. The SMILES string of the molecule is O=C(Nc1ccccc1)N1CCOc2c(C3=C/CCCC(C4CCCCC4)/C=C\3)cccc21. The van der Waals surface area contributed by atoms with Gasteiger partial charge in [0.05, 0.1) is 12.2 Å². The Morgan fingerprint density at radius 1 is 0.939 bits per heavy atom. The molecule has 0 bridgehead atoms. The third-order valence-electron chi connectivity index (χ3n) is 7.31. The van der Waals surface area contributed by atoms with E-state index in [9.17, 15) is 4.79 Å². The van der Waals surface area contributed by atoms with Gasteiger partial charge in [-0.2, -0.15) is 0 Å². The van der Waals surface area contributed by atoms with Crippen molar-refractivity contribution < 1.29 is 9.53 Å². The van der Waals surface area contributed by atoms with E-state index in [-0.39, 0.29) is 6.03 Å². The van der Waals surface area contributed by atoms with E-state index in [4.69, 9.17) is 4.74 Å². The molecule has 1 saturated carbocycles. The van der Waals surface area contributed by atoms with Gasteiger partial charge in [-0.25, -0.2) is 4.79 Å². The molecule has 2 amide bonds. The average Bonchev–Trinajstić information content (AvgIpc) is 2.85. The second kappa shape index (κ2) is 10.3. The van der Waals surface area contributed by atoms with Crippen LogP contribution in [-0.4, -0.2) is 19.2 Å². The lowest BCUT2D eigenvalue weighted by Crippen LogP contribution is -2.40. The number of amides is 2. The van der Waals surface area contributed by atoms with Crippen molar-refractivity contribution in [3.8, 4) is 5.75 Å². The fourth-order valence-corrected chi connectivity index (χ4v) is 5.56. The van der Waals surface area contributed by atoms with Gasteiger partial charge in [-0.15, -0.1) is 0 Å². The van der Waals surface area contributed by atoms with Crippen molar-refractivity contribution in [3.63, 3.8) is 0 Å². The average molecular weight is 443 g/mol. The second-order valence-corrected chi connectivity index (χ2v) is 9.46. The van der Waals surface area contributed by atoms with Gasteiger partial charge in [-0.3, -0.25) is 4.90 Å². The maximum Gasteiger partial charge on any atom is 0.326 e. The Morgan fingerprint density at radius 3 is 2.64 bits per heavy atom. The molecule has 0 aromatic heterocycles. The molecule has 1 unspecified atom stereocenters. The number of urea groups is 1. The third kappa shape index (κ3) is 5.00. The van der Waals surface area contributed by atoms with Crippen LogP contribution in [0.15, 0.2) is 66.8 Å². The Hall–Kier alpha value is -3.01. The summed E-state index contributed by atoms with van der Waals surface area (Å²) in [5.41, 5.74) is 3.95. The molecule has 1 aliphatic heterocycles. The molecule has 1 heterocycles. The van der Waals surface area contributed by atoms with Gasteiger partial charge in [0.15, 0.2) is 5.75 Å². The molecule has 4 nitrogen and oxygen atoms in total. The molecule has 1 fully saturated rings. The zero-order valence-corrected chi connectivity index (χ0v) is 19.3. The molecule has 2 aliphatic carbocycles. The molecule has 4 heteroatoms. The molecule has 0 saturated heterocycles. The number of fused-ring (bicyclic) bond motifs is 1. The van der Waals surface area contributed by atoms with Gasteiger partial charge in [0.25, 0.3) is 0 Å². The monoisotopic (exact) mass is 442 g/mol. The highest BCUT2D eigenvalue weighted by molar-refractivity contribution is 6.03. The zero-order valence-electron chi connectivity index (χ0n) is 19.3. The minimum atomic E-state index is -0.123. The highest BCUT2D eigenvalue weighted by Crippen LogP contribution is 2.41. The number of carbonyl (C=O) groups is 1. The van der Waals surface area contributed by atoms with Crippen molar-refractivity contribution in [1.82, 2.24) is 0 Å². The lowest BCUT2D eigenvalue weighted by molar-refractivity contribution is 0.250. The van der Waals surface area contributed by atoms with Gasteiger partial charge in [-0.1, -0.05) is 67.8 Å². The smallest absolute Gasteiger partial charge is 0.326 e. The topological polar surface area (TPSA) is 41.6 Å². The molecule has 172 valence electrons. The van der Waals surface area contributed by atoms with E-state index in [1.54, 1.807) is 4.90 Å². The first-order valence-electron chi connectivity index (χ1n) is 12.6. The van der Waals surface area contributed by atoms with E-state index >= 15 is 0 Å². The summed E-state index contributed by atoms with van der Waals surface area (Å²) in [7, 11) is 0. The lowest BCUT2D eigenvalue weighted by Gasteiger charge is -2.31. The predicted molar refractivity (Wildman–Crippen MR) is 136 cm³/mol. The molecule has 1 N–H and O–H groups in total. The normalized spacial score (nSPS) is 23.8. The lowest BCUT2D eigenvalue weighted by atomic mass is 9.77. The number of para-hydroxylation sites is 2. The van der Waals surface area contributed by atoms with Gasteiger partial charge < -0.3 is 10.1 Å². The van der Waals surface area contributed by atoms with Gasteiger partial charge in [-0.05, 0) is 67.7 Å². The molecule has 2 aromatic rings. The Balaban J connectivity index is 1.39. The molecule has 3 aliphatic rings. The van der Waals surface area contributed by atoms with Crippen LogP contribution in [0.4, 0.5) is 16.2 Å². The van der Waals surface area contributed by atoms with Crippen molar-refractivity contribution in [2.75, 3.05) is 23.4 Å². The fourth-order valence-electron chi connectivity index (χ4n) is 5.56. The quantitative estimate of drug-likeness (QED) is 0.537. The Morgan fingerprint density at radius 2 is 1.79 bits per heavy atom. The Bertz CT molecular complexity index is 1020. The molecule has 0 radical (unpaired) electrons. The number of ether oxygens (including phenoxy) is 1. The van der Waals surface area contributed by atoms with E-state index in [0.717, 1.165) is 35.0 Å². The summed E-state index contributed by atoms with van der Waals surface area (Å²) in [4.78, 5) is 14.9. The number of carbonyl (C=O) groups excluding carboxylic acids is 1. The minimum Gasteiger partial charge on any atom is -0.489 e. The first-order valence-corrected chi connectivity index (χ1v) is 12.6. The van der Waals surface area contributed by atoms with Gasteiger partial charge in [0.2, 0.25) is 0 Å². The molecule has 0 spiro atoms. The van der Waals surface area contributed by atoms with Crippen molar-refractivity contribution in [3.05, 3.63) is 72.3 Å². The van der Waals surface area contributed by atoms with Crippen LogP contribution in [0.1, 0.15) is 56.9 Å². The summed E-state index contributed by atoms with van der Waals surface area (Å²) < 4.78 is 6.16. The second-order valence-electron chi connectivity index (χ2n) is 9.46. The molecule has 33 heavy (non-hydrogen) atoms. The first kappa shape index (κ1) is 21.8. The van der Waals surface area contributed by atoms with E-state index in [2.05, 4.69) is 29.6 Å². The summed E-state index contributed by atoms with van der Waals surface area (Å²) in [5.74, 6) is 2.34. The van der Waals surface area contributed by atoms with Crippen molar-refractivity contribution in [2.45, 2.75) is 51.4 Å². The Kier molecular flexibility index (Phi) is 6.80. The maximum absolute atomic E-state index is 13.1. The molecular weight excluding hydrogens is 408 g/mol. The van der Waals surface area contributed by atoms with Crippen LogP contribution in [0.25, 0.3) is 5.57 Å². The van der Waals surface area contributed by atoms with Crippen LogP contribution in [0, 0.1) is 11.8 Å². The Labute approximate surface area is 197 Å². The van der Waals surface area contributed by atoms with Crippen molar-refractivity contribution >= 4 is 23.0 Å². The van der Waals surface area contributed by atoms with Crippen LogP contribution < -0.4 is 15.0 Å². The highest BCUT2D eigenvalue weighted by Gasteiger charge is 2.27. The van der Waals surface area contributed by atoms with Crippen molar-refractivity contribution in [1.29, 1.82) is 0 Å². The van der Waals surface area contributed by atoms with Gasteiger partial charge >= 0.3 is 6.03 Å². The minimum absolute atomic E-state index is 0.123. The van der Waals surface area contributed by atoms with E-state index in [1.165, 1.54) is 50.5 Å². The highest BCUT2D eigenvalue weighted by atomic mass is 16.5. The van der Waals surface area contributed by atoms with Crippen LogP contribution >= 0.6 is 0 Å². The number of benzene rings is 2. The number of rotatable bonds is 3. The summed E-state index contributed by atoms with van der Waals surface area (Å²) >= 11 is 0. The number of nitrogens with one attached hydrogen (secondary N) is 1. The van der Waals surface area contributed by atoms with Crippen LogP contribution in [-0.2, 0) is 0 Å². The standard InChI is InChI=1S/C29H34N2O2/c32-29(30-25-14-5-2-6-15-25)31-20-21-33-28-26(16-9-17-27(28)31)24-13-8-7-12-23(18-19-24)22-10-3-1-4-11-22/h2,5-6,9,13-19,22-23H,1,3-4,7-8,10-12,20-21H2,(H,30,32)/b19-18-,24-13+. The number of hydrogen-bond acceptors (Lipinski definition) is 2.